The van der Waals surface area contributed by atoms with Gasteiger partial charge in [0.1, 0.15) is 22.8 Å². The van der Waals surface area contributed by atoms with E-state index in [1.165, 1.54) is 37.2 Å². The topological polar surface area (TPSA) is 234 Å². The zero-order chi connectivity index (χ0) is 29.1. The summed E-state index contributed by atoms with van der Waals surface area (Å²) >= 11 is 0. The molecule has 3 aliphatic rings. The Labute approximate surface area is 222 Å². The van der Waals surface area contributed by atoms with Gasteiger partial charge in [-0.15, -0.1) is 0 Å². The molecular weight excluding hydrogens is 514 g/mol. The number of nitrogens with zero attached hydrogens (tertiary/aromatic N) is 1. The van der Waals surface area contributed by atoms with E-state index in [4.69, 9.17) is 16.2 Å². The number of ether oxygens (including phenoxy) is 1. The molecule has 1 aromatic rings. The van der Waals surface area contributed by atoms with E-state index in [-0.39, 0.29) is 23.3 Å². The van der Waals surface area contributed by atoms with Crippen LogP contribution in [0.4, 0.5) is 0 Å². The van der Waals surface area contributed by atoms with Crippen LogP contribution in [0, 0.1) is 11.8 Å². The fourth-order valence-electron chi connectivity index (χ4n) is 5.86. The summed E-state index contributed by atoms with van der Waals surface area (Å²) in [5.74, 6) is -10.3. The Kier molecular flexibility index (Phi) is 6.89. The average molecular weight is 544 g/mol. The Morgan fingerprint density at radius 2 is 1.82 bits per heavy atom. The number of likely N-dealkylation sites (N-methyl/N-ethyl adjacent to an activating group) is 1. The smallest absolute Gasteiger partial charge is 0.330 e. The van der Waals surface area contributed by atoms with Gasteiger partial charge >= 0.3 is 5.97 Å². The van der Waals surface area contributed by atoms with Crippen molar-refractivity contribution >= 4 is 35.3 Å². The molecule has 0 heterocycles. The number of ketones is 2. The van der Waals surface area contributed by atoms with E-state index in [0.29, 0.717) is 0 Å². The molecule has 0 aliphatic heterocycles. The molecular formula is C26H29N3O10. The lowest BCUT2D eigenvalue weighted by atomic mass is 9.55. The predicted molar refractivity (Wildman–Crippen MR) is 135 cm³/mol. The monoisotopic (exact) mass is 543 g/mol. The van der Waals surface area contributed by atoms with E-state index >= 15 is 0 Å². The zero-order valence-electron chi connectivity index (χ0n) is 21.3. The van der Waals surface area contributed by atoms with Gasteiger partial charge in [-0.3, -0.25) is 19.3 Å². The van der Waals surface area contributed by atoms with E-state index in [1.807, 2.05) is 0 Å². The maximum atomic E-state index is 13.9. The standard InChI is InChI=1S/C26H29N3O10/c1-4-39-11(30)8-6-9-5-7-10-12(19(9)31)20(32)14-13(17(10)27)21(33)16-18(29(2)3)22(34)15(25(28)37)24(36)26(16,38)23(14)35/h5-8,13,16-18,21,31-33,36,38H,4,27H2,1-3H3,(H2,28,37)/b8-6+/t13-,16+,17-,18-,21-,26-/m0/s1. The number of carbonyl (C=O) groups excluding carboxylic acids is 4. The fourth-order valence-corrected chi connectivity index (χ4v) is 5.86. The van der Waals surface area contributed by atoms with Crippen LogP contribution in [0.15, 0.2) is 35.1 Å². The number of fused-ring (bicyclic) bond motifs is 3. The summed E-state index contributed by atoms with van der Waals surface area (Å²) in [6.07, 6.45) is 0.455. The van der Waals surface area contributed by atoms with Crippen LogP contribution in [0.1, 0.15) is 29.7 Å². The van der Waals surface area contributed by atoms with Gasteiger partial charge in [-0.1, -0.05) is 12.1 Å². The summed E-state index contributed by atoms with van der Waals surface area (Å²) in [5.41, 5.74) is 6.94. The van der Waals surface area contributed by atoms with Gasteiger partial charge in [0.2, 0.25) is 5.78 Å². The normalized spacial score (nSPS) is 30.4. The van der Waals surface area contributed by atoms with Crippen molar-refractivity contribution in [2.75, 3.05) is 20.7 Å². The van der Waals surface area contributed by atoms with Gasteiger partial charge in [0.15, 0.2) is 11.4 Å². The molecule has 3 aliphatic carbocycles. The maximum Gasteiger partial charge on any atom is 0.330 e. The second kappa shape index (κ2) is 9.61. The van der Waals surface area contributed by atoms with Gasteiger partial charge in [-0.2, -0.15) is 0 Å². The first-order valence-corrected chi connectivity index (χ1v) is 12.0. The number of carbonyl (C=O) groups is 4. The van der Waals surface area contributed by atoms with Crippen LogP contribution in [-0.2, 0) is 23.9 Å². The van der Waals surface area contributed by atoms with Crippen LogP contribution in [0.5, 0.6) is 5.75 Å². The Morgan fingerprint density at radius 3 is 2.38 bits per heavy atom. The molecule has 39 heavy (non-hydrogen) atoms. The van der Waals surface area contributed by atoms with Crippen LogP contribution in [-0.4, -0.2) is 92.3 Å². The SMILES string of the molecule is CCOC(=O)/C=C/c1ccc2c(c1O)C(O)=C1C(=O)[C@]3(O)C(O)=C(C(N)=O)C(=O)[C@@H](N(C)C)[C@@H]3[C@@H](O)[C@@H]1[C@H]2N. The molecule has 0 radical (unpaired) electrons. The van der Waals surface area contributed by atoms with E-state index in [9.17, 15) is 44.7 Å². The largest absolute Gasteiger partial charge is 0.508 e. The van der Waals surface area contributed by atoms with E-state index < -0.39 is 87.5 Å². The first-order chi connectivity index (χ1) is 18.2. The number of amides is 1. The number of aliphatic hydroxyl groups is 4. The molecule has 9 N–H and O–H groups in total. The van der Waals surface area contributed by atoms with Gasteiger partial charge in [0.05, 0.1) is 30.2 Å². The maximum absolute atomic E-state index is 13.9. The van der Waals surface area contributed by atoms with E-state index in [1.54, 1.807) is 6.92 Å². The molecule has 13 nitrogen and oxygen atoms in total. The third-order valence-corrected chi connectivity index (χ3v) is 7.56. The van der Waals surface area contributed by atoms with E-state index in [2.05, 4.69) is 0 Å². The number of hydrogen-bond donors (Lipinski definition) is 7. The summed E-state index contributed by atoms with van der Waals surface area (Å²) in [4.78, 5) is 52.1. The summed E-state index contributed by atoms with van der Waals surface area (Å²) in [6, 6.07) is 0.113. The molecule has 6 atom stereocenters. The highest BCUT2D eigenvalue weighted by Gasteiger charge is 2.68. The zero-order valence-corrected chi connectivity index (χ0v) is 21.3. The first kappa shape index (κ1) is 28.0. The number of Topliss-reactive ketones (excluding diaryl/α,β-unsaturated/α-hetero) is 2. The van der Waals surface area contributed by atoms with Crippen LogP contribution >= 0.6 is 0 Å². The number of rotatable bonds is 5. The van der Waals surface area contributed by atoms with Crippen molar-refractivity contribution in [3.8, 4) is 5.75 Å². The van der Waals surface area contributed by atoms with Gasteiger partial charge in [-0.25, -0.2) is 4.79 Å². The third kappa shape index (κ3) is 3.85. The third-order valence-electron chi connectivity index (χ3n) is 7.56. The van der Waals surface area contributed by atoms with Gasteiger partial charge in [0, 0.05) is 29.2 Å². The number of esters is 1. The molecule has 0 bridgehead atoms. The summed E-state index contributed by atoms with van der Waals surface area (Å²) < 4.78 is 4.81. The summed E-state index contributed by atoms with van der Waals surface area (Å²) in [5, 5.41) is 56.3. The molecule has 1 amide bonds. The molecule has 1 saturated carbocycles. The Bertz CT molecular complexity index is 1390. The van der Waals surface area contributed by atoms with Gasteiger partial charge in [-0.05, 0) is 32.7 Å². The number of benzene rings is 1. The average Bonchev–Trinajstić information content (AvgIpc) is 2.85. The Hall–Kier alpha value is -4.04. The molecule has 0 saturated heterocycles. The molecule has 0 spiro atoms. The Balaban J connectivity index is 1.97. The minimum absolute atomic E-state index is 0.0506. The highest BCUT2D eigenvalue weighted by molar-refractivity contribution is 6.24. The predicted octanol–water partition coefficient (Wildman–Crippen LogP) is -1.03. The van der Waals surface area contributed by atoms with E-state index in [0.717, 1.165) is 6.08 Å². The highest BCUT2D eigenvalue weighted by atomic mass is 16.5. The second-order valence-corrected chi connectivity index (χ2v) is 9.84. The Morgan fingerprint density at radius 1 is 1.18 bits per heavy atom. The van der Waals surface area contributed by atoms with Crippen LogP contribution < -0.4 is 11.5 Å². The highest BCUT2D eigenvalue weighted by Crippen LogP contribution is 2.55. The molecule has 4 rings (SSSR count). The number of hydrogen-bond acceptors (Lipinski definition) is 12. The lowest BCUT2D eigenvalue weighted by Crippen LogP contribution is -2.70. The number of phenolic OH excluding ortho intramolecular Hbond substituents is 1. The minimum Gasteiger partial charge on any atom is -0.508 e. The van der Waals surface area contributed by atoms with Crippen molar-refractivity contribution in [3.05, 3.63) is 51.8 Å². The molecule has 0 aromatic heterocycles. The number of aliphatic hydroxyl groups excluding tert-OH is 3. The second-order valence-electron chi connectivity index (χ2n) is 9.84. The minimum atomic E-state index is -3.04. The van der Waals surface area contributed by atoms with Gasteiger partial charge < -0.3 is 41.7 Å². The van der Waals surface area contributed by atoms with Crippen molar-refractivity contribution < 1.29 is 49.4 Å². The number of aromatic hydroxyl groups is 1. The summed E-state index contributed by atoms with van der Waals surface area (Å²) in [6.45, 7) is 1.73. The van der Waals surface area contributed by atoms with Crippen molar-refractivity contribution in [2.24, 2.45) is 23.3 Å². The number of nitrogens with two attached hydrogens (primary N) is 2. The molecule has 1 fully saturated rings. The molecule has 1 aromatic carbocycles. The number of primary amides is 1. The van der Waals surface area contributed by atoms with Crippen molar-refractivity contribution in [2.45, 2.75) is 30.7 Å². The fraction of sp³-hybridized carbons (Fsp3) is 0.385. The lowest BCUT2D eigenvalue weighted by Gasteiger charge is -2.53. The van der Waals surface area contributed by atoms with Crippen molar-refractivity contribution in [1.82, 2.24) is 4.90 Å². The number of phenols is 1. The van der Waals surface area contributed by atoms with Crippen LogP contribution in [0.3, 0.4) is 0 Å². The van der Waals surface area contributed by atoms with Gasteiger partial charge in [0.25, 0.3) is 5.91 Å². The van der Waals surface area contributed by atoms with Crippen molar-refractivity contribution in [3.63, 3.8) is 0 Å². The molecule has 208 valence electrons. The first-order valence-electron chi connectivity index (χ1n) is 12.0. The molecule has 13 heteroatoms. The van der Waals surface area contributed by atoms with Crippen LogP contribution in [0.2, 0.25) is 0 Å². The quantitative estimate of drug-likeness (QED) is 0.134. The molecule has 0 unspecified atom stereocenters. The lowest BCUT2D eigenvalue weighted by molar-refractivity contribution is -0.169. The van der Waals surface area contributed by atoms with Crippen LogP contribution in [0.25, 0.3) is 11.8 Å². The van der Waals surface area contributed by atoms with Crippen molar-refractivity contribution in [1.29, 1.82) is 0 Å². The summed E-state index contributed by atoms with van der Waals surface area (Å²) in [7, 11) is 2.81.